The minimum atomic E-state index is -0.0305. The largest absolute Gasteiger partial charge is 0.369 e. The standard InChI is InChI=1S/C12H15ClN2O2/c13-9-1-3-10(4-2-9)15-11(5-6-14)7-17-8-12(15)16/h1-4,11H,5-8,14H2. The van der Waals surface area contributed by atoms with Crippen molar-refractivity contribution in [3.05, 3.63) is 29.3 Å². The molecule has 0 aromatic heterocycles. The fraction of sp³-hybridized carbons (Fsp3) is 0.417. The summed E-state index contributed by atoms with van der Waals surface area (Å²) < 4.78 is 5.25. The van der Waals surface area contributed by atoms with Crippen LogP contribution in [-0.2, 0) is 9.53 Å². The molecule has 2 N–H and O–H groups in total. The molecule has 1 aliphatic heterocycles. The summed E-state index contributed by atoms with van der Waals surface area (Å²) in [5.41, 5.74) is 6.40. The molecular weight excluding hydrogens is 240 g/mol. The smallest absolute Gasteiger partial charge is 0.253 e. The van der Waals surface area contributed by atoms with Crippen LogP contribution >= 0.6 is 11.6 Å². The molecule has 1 aromatic rings. The summed E-state index contributed by atoms with van der Waals surface area (Å²) in [5.74, 6) is -0.0305. The Balaban J connectivity index is 2.24. The summed E-state index contributed by atoms with van der Waals surface area (Å²) in [4.78, 5) is 13.6. The lowest BCUT2D eigenvalue weighted by Crippen LogP contribution is -2.50. The van der Waals surface area contributed by atoms with Gasteiger partial charge >= 0.3 is 0 Å². The van der Waals surface area contributed by atoms with Crippen molar-refractivity contribution in [2.75, 3.05) is 24.7 Å². The van der Waals surface area contributed by atoms with Crippen LogP contribution in [0.1, 0.15) is 6.42 Å². The van der Waals surface area contributed by atoms with Crippen molar-refractivity contribution in [2.45, 2.75) is 12.5 Å². The average Bonchev–Trinajstić information content (AvgIpc) is 2.32. The number of morpholine rings is 1. The maximum Gasteiger partial charge on any atom is 0.253 e. The van der Waals surface area contributed by atoms with Gasteiger partial charge in [-0.2, -0.15) is 0 Å². The Bertz CT molecular complexity index is 392. The minimum Gasteiger partial charge on any atom is -0.369 e. The number of ether oxygens (including phenoxy) is 1. The van der Waals surface area contributed by atoms with Crippen molar-refractivity contribution in [3.63, 3.8) is 0 Å². The Morgan fingerprint density at radius 3 is 2.76 bits per heavy atom. The fourth-order valence-electron chi connectivity index (χ4n) is 1.99. The number of rotatable bonds is 3. The van der Waals surface area contributed by atoms with Gasteiger partial charge in [-0.1, -0.05) is 11.6 Å². The van der Waals surface area contributed by atoms with Crippen LogP contribution in [0.2, 0.25) is 5.02 Å². The Hall–Kier alpha value is -1.10. The molecule has 1 heterocycles. The number of nitrogens with zero attached hydrogens (tertiary/aromatic N) is 1. The van der Waals surface area contributed by atoms with Crippen LogP contribution in [0, 0.1) is 0 Å². The van der Waals surface area contributed by atoms with Crippen molar-refractivity contribution in [3.8, 4) is 0 Å². The van der Waals surface area contributed by atoms with Crippen molar-refractivity contribution < 1.29 is 9.53 Å². The molecule has 1 unspecified atom stereocenters. The summed E-state index contributed by atoms with van der Waals surface area (Å²) >= 11 is 5.84. The molecular formula is C12H15ClN2O2. The summed E-state index contributed by atoms with van der Waals surface area (Å²) in [6.07, 6.45) is 0.731. The van der Waals surface area contributed by atoms with Crippen molar-refractivity contribution in [1.82, 2.24) is 0 Å². The van der Waals surface area contributed by atoms with Gasteiger partial charge in [-0.15, -0.1) is 0 Å². The molecule has 1 atom stereocenters. The van der Waals surface area contributed by atoms with E-state index in [4.69, 9.17) is 22.1 Å². The van der Waals surface area contributed by atoms with E-state index in [1.54, 1.807) is 17.0 Å². The third kappa shape index (κ3) is 2.77. The van der Waals surface area contributed by atoms with Gasteiger partial charge < -0.3 is 15.4 Å². The van der Waals surface area contributed by atoms with Gasteiger partial charge in [0, 0.05) is 10.7 Å². The number of amides is 1. The van der Waals surface area contributed by atoms with E-state index in [0.717, 1.165) is 12.1 Å². The van der Waals surface area contributed by atoms with E-state index in [-0.39, 0.29) is 18.6 Å². The van der Waals surface area contributed by atoms with E-state index in [9.17, 15) is 4.79 Å². The highest BCUT2D eigenvalue weighted by Gasteiger charge is 2.29. The SMILES string of the molecule is NCCC1COCC(=O)N1c1ccc(Cl)cc1. The number of carbonyl (C=O) groups excluding carboxylic acids is 1. The summed E-state index contributed by atoms with van der Waals surface area (Å²) in [6.45, 7) is 1.20. The van der Waals surface area contributed by atoms with Crippen LogP contribution in [-0.4, -0.2) is 31.7 Å². The molecule has 92 valence electrons. The Kier molecular flexibility index (Phi) is 3.99. The number of nitrogens with two attached hydrogens (primary N) is 1. The topological polar surface area (TPSA) is 55.6 Å². The second kappa shape index (κ2) is 5.49. The third-order valence-corrected chi connectivity index (χ3v) is 3.03. The molecule has 0 radical (unpaired) electrons. The molecule has 0 aliphatic carbocycles. The number of hydrogen-bond acceptors (Lipinski definition) is 3. The van der Waals surface area contributed by atoms with Crippen LogP contribution in [0.15, 0.2) is 24.3 Å². The Morgan fingerprint density at radius 2 is 2.12 bits per heavy atom. The fourth-order valence-corrected chi connectivity index (χ4v) is 2.12. The second-order valence-electron chi connectivity index (χ2n) is 3.99. The first-order valence-corrected chi connectivity index (χ1v) is 5.95. The van der Waals surface area contributed by atoms with Gasteiger partial charge in [-0.05, 0) is 37.2 Å². The lowest BCUT2D eigenvalue weighted by molar-refractivity contribution is -0.127. The van der Waals surface area contributed by atoms with Gasteiger partial charge in [-0.3, -0.25) is 4.79 Å². The quantitative estimate of drug-likeness (QED) is 0.888. The molecule has 5 heteroatoms. The molecule has 2 rings (SSSR count). The van der Waals surface area contributed by atoms with Gasteiger partial charge in [0.25, 0.3) is 5.91 Å². The highest BCUT2D eigenvalue weighted by molar-refractivity contribution is 6.30. The first kappa shape index (κ1) is 12.4. The number of halogens is 1. The summed E-state index contributed by atoms with van der Waals surface area (Å²) in [5, 5.41) is 0.657. The zero-order valence-corrected chi connectivity index (χ0v) is 10.2. The zero-order valence-electron chi connectivity index (χ0n) is 9.43. The predicted molar refractivity (Wildman–Crippen MR) is 67.2 cm³/mol. The molecule has 1 aromatic carbocycles. The Morgan fingerprint density at radius 1 is 1.41 bits per heavy atom. The van der Waals surface area contributed by atoms with E-state index >= 15 is 0 Å². The molecule has 1 amide bonds. The summed E-state index contributed by atoms with van der Waals surface area (Å²) in [7, 11) is 0. The van der Waals surface area contributed by atoms with Gasteiger partial charge in [0.1, 0.15) is 6.61 Å². The maximum absolute atomic E-state index is 11.9. The first-order chi connectivity index (χ1) is 8.22. The monoisotopic (exact) mass is 254 g/mol. The molecule has 0 bridgehead atoms. The van der Waals surface area contributed by atoms with Crippen LogP contribution in [0.3, 0.4) is 0 Å². The van der Waals surface area contributed by atoms with E-state index < -0.39 is 0 Å². The molecule has 1 aliphatic rings. The van der Waals surface area contributed by atoms with Crippen LogP contribution < -0.4 is 10.6 Å². The van der Waals surface area contributed by atoms with E-state index in [2.05, 4.69) is 0 Å². The van der Waals surface area contributed by atoms with Gasteiger partial charge in [0.15, 0.2) is 0 Å². The van der Waals surface area contributed by atoms with Crippen LogP contribution in [0.25, 0.3) is 0 Å². The third-order valence-electron chi connectivity index (χ3n) is 2.77. The highest BCUT2D eigenvalue weighted by atomic mass is 35.5. The second-order valence-corrected chi connectivity index (χ2v) is 4.42. The molecule has 0 saturated carbocycles. The highest BCUT2D eigenvalue weighted by Crippen LogP contribution is 2.23. The molecule has 4 nitrogen and oxygen atoms in total. The normalized spacial score (nSPS) is 20.7. The van der Waals surface area contributed by atoms with Gasteiger partial charge in [0.05, 0.1) is 12.6 Å². The first-order valence-electron chi connectivity index (χ1n) is 5.58. The number of hydrogen-bond donors (Lipinski definition) is 1. The summed E-state index contributed by atoms with van der Waals surface area (Å²) in [6, 6.07) is 7.25. The average molecular weight is 255 g/mol. The van der Waals surface area contributed by atoms with Crippen molar-refractivity contribution in [1.29, 1.82) is 0 Å². The van der Waals surface area contributed by atoms with E-state index in [1.807, 2.05) is 12.1 Å². The predicted octanol–water partition coefficient (Wildman–Crippen LogP) is 1.42. The molecule has 17 heavy (non-hydrogen) atoms. The molecule has 1 fully saturated rings. The number of benzene rings is 1. The van der Waals surface area contributed by atoms with E-state index in [1.165, 1.54) is 0 Å². The maximum atomic E-state index is 11.9. The minimum absolute atomic E-state index is 0.0161. The number of anilines is 1. The lowest BCUT2D eigenvalue weighted by atomic mass is 10.1. The Labute approximate surface area is 105 Å². The zero-order chi connectivity index (χ0) is 12.3. The van der Waals surface area contributed by atoms with Crippen molar-refractivity contribution in [2.24, 2.45) is 5.73 Å². The van der Waals surface area contributed by atoms with E-state index in [0.29, 0.717) is 18.2 Å². The molecule has 1 saturated heterocycles. The van der Waals surface area contributed by atoms with Crippen LogP contribution in [0.5, 0.6) is 0 Å². The van der Waals surface area contributed by atoms with Gasteiger partial charge in [0.2, 0.25) is 0 Å². The molecule has 0 spiro atoms. The van der Waals surface area contributed by atoms with Crippen molar-refractivity contribution >= 4 is 23.2 Å². The van der Waals surface area contributed by atoms with Gasteiger partial charge in [-0.25, -0.2) is 0 Å². The number of carbonyl (C=O) groups is 1. The lowest BCUT2D eigenvalue weighted by Gasteiger charge is -2.35. The van der Waals surface area contributed by atoms with Crippen LogP contribution in [0.4, 0.5) is 5.69 Å².